The number of fused-ring (bicyclic) bond motifs is 2. The van der Waals surface area contributed by atoms with Gasteiger partial charge in [0.2, 0.25) is 5.91 Å². The van der Waals surface area contributed by atoms with Crippen LogP contribution in [-0.2, 0) is 6.42 Å². The summed E-state index contributed by atoms with van der Waals surface area (Å²) in [5, 5.41) is 1.38. The normalized spacial score (nSPS) is 11.1. The standard InChI is InChI=1S/C16H13NO2S/c1-2-9-3-6-13-12(7-9)15(18)11-5-4-10(16(17)19)8-14(11)20-13/h3-8H,2H2,1H3,(H2,17,19). The number of nitrogens with two attached hydrogens (primary N) is 1. The zero-order valence-corrected chi connectivity index (χ0v) is 11.8. The van der Waals surface area contributed by atoms with Gasteiger partial charge in [0, 0.05) is 25.7 Å². The number of aryl methyl sites for hydroxylation is 1. The highest BCUT2D eigenvalue weighted by atomic mass is 32.1. The number of hydrogen-bond donors (Lipinski definition) is 1. The van der Waals surface area contributed by atoms with Gasteiger partial charge in [-0.2, -0.15) is 0 Å². The van der Waals surface area contributed by atoms with E-state index in [0.29, 0.717) is 10.9 Å². The van der Waals surface area contributed by atoms with E-state index in [1.807, 2.05) is 18.2 Å². The smallest absolute Gasteiger partial charge is 0.248 e. The van der Waals surface area contributed by atoms with E-state index < -0.39 is 5.91 Å². The molecule has 0 bridgehead atoms. The molecule has 3 aromatic rings. The van der Waals surface area contributed by atoms with Crippen LogP contribution in [0, 0.1) is 0 Å². The van der Waals surface area contributed by atoms with E-state index >= 15 is 0 Å². The monoisotopic (exact) mass is 283 g/mol. The van der Waals surface area contributed by atoms with Crippen molar-refractivity contribution in [2.75, 3.05) is 0 Å². The van der Waals surface area contributed by atoms with Crippen molar-refractivity contribution < 1.29 is 4.79 Å². The third-order valence-corrected chi connectivity index (χ3v) is 4.56. The van der Waals surface area contributed by atoms with Gasteiger partial charge in [0.25, 0.3) is 0 Å². The maximum Gasteiger partial charge on any atom is 0.248 e. The molecule has 0 fully saturated rings. The minimum atomic E-state index is -0.479. The lowest BCUT2D eigenvalue weighted by Crippen LogP contribution is -2.11. The molecule has 0 aliphatic heterocycles. The summed E-state index contributed by atoms with van der Waals surface area (Å²) in [5.41, 5.74) is 6.87. The van der Waals surface area contributed by atoms with E-state index in [-0.39, 0.29) is 5.43 Å². The number of rotatable bonds is 2. The first-order valence-electron chi connectivity index (χ1n) is 6.39. The molecule has 100 valence electrons. The summed E-state index contributed by atoms with van der Waals surface area (Å²) in [6.07, 6.45) is 0.901. The van der Waals surface area contributed by atoms with E-state index in [1.54, 1.807) is 18.2 Å². The van der Waals surface area contributed by atoms with Gasteiger partial charge in [-0.25, -0.2) is 0 Å². The summed E-state index contributed by atoms with van der Waals surface area (Å²) in [7, 11) is 0. The van der Waals surface area contributed by atoms with E-state index in [4.69, 9.17) is 5.73 Å². The Kier molecular flexibility index (Phi) is 3.03. The Labute approximate surface area is 119 Å². The maximum absolute atomic E-state index is 12.5. The fraction of sp³-hybridized carbons (Fsp3) is 0.125. The van der Waals surface area contributed by atoms with Gasteiger partial charge in [0.05, 0.1) is 0 Å². The van der Waals surface area contributed by atoms with Gasteiger partial charge in [0.1, 0.15) is 0 Å². The number of amides is 1. The molecular weight excluding hydrogens is 270 g/mol. The lowest BCUT2D eigenvalue weighted by molar-refractivity contribution is 0.100. The Balaban J connectivity index is 2.40. The molecular formula is C16H13NO2S. The molecule has 0 aliphatic rings. The summed E-state index contributed by atoms with van der Waals surface area (Å²) in [6.45, 7) is 2.06. The van der Waals surface area contributed by atoms with Crippen LogP contribution in [-0.4, -0.2) is 5.91 Å². The Hall–Kier alpha value is -2.20. The third kappa shape index (κ3) is 1.98. The molecule has 1 aromatic heterocycles. The average Bonchev–Trinajstić information content (AvgIpc) is 2.46. The first-order valence-corrected chi connectivity index (χ1v) is 7.21. The predicted molar refractivity (Wildman–Crippen MR) is 83.5 cm³/mol. The van der Waals surface area contributed by atoms with Gasteiger partial charge in [-0.3, -0.25) is 9.59 Å². The fourth-order valence-electron chi connectivity index (χ4n) is 2.27. The molecule has 1 amide bonds. The number of hydrogen-bond acceptors (Lipinski definition) is 3. The van der Waals surface area contributed by atoms with Crippen molar-refractivity contribution in [1.82, 2.24) is 0 Å². The number of benzene rings is 2. The van der Waals surface area contributed by atoms with Crippen molar-refractivity contribution in [3.63, 3.8) is 0 Å². The first kappa shape index (κ1) is 12.8. The summed E-state index contributed by atoms with van der Waals surface area (Å²) in [4.78, 5) is 23.8. The van der Waals surface area contributed by atoms with Crippen LogP contribution in [0.1, 0.15) is 22.8 Å². The Morgan fingerprint density at radius 1 is 1.10 bits per heavy atom. The predicted octanol–water partition coefficient (Wildman–Crippen LogP) is 3.08. The van der Waals surface area contributed by atoms with Crippen molar-refractivity contribution in [3.05, 3.63) is 57.7 Å². The zero-order chi connectivity index (χ0) is 14.3. The van der Waals surface area contributed by atoms with Gasteiger partial charge in [-0.1, -0.05) is 13.0 Å². The lowest BCUT2D eigenvalue weighted by Gasteiger charge is -2.04. The average molecular weight is 283 g/mol. The second-order valence-corrected chi connectivity index (χ2v) is 5.77. The van der Waals surface area contributed by atoms with Gasteiger partial charge in [0.15, 0.2) is 5.43 Å². The molecule has 20 heavy (non-hydrogen) atoms. The second-order valence-electron chi connectivity index (χ2n) is 4.69. The van der Waals surface area contributed by atoms with Crippen LogP contribution in [0.15, 0.2) is 41.2 Å². The van der Waals surface area contributed by atoms with E-state index in [9.17, 15) is 9.59 Å². The molecule has 2 N–H and O–H groups in total. The lowest BCUT2D eigenvalue weighted by atomic mass is 10.1. The highest BCUT2D eigenvalue weighted by molar-refractivity contribution is 7.24. The first-order chi connectivity index (χ1) is 9.60. The summed E-state index contributed by atoms with van der Waals surface area (Å²) in [6, 6.07) is 10.9. The van der Waals surface area contributed by atoms with Gasteiger partial charge >= 0.3 is 0 Å². The number of carbonyl (C=O) groups is 1. The fourth-order valence-corrected chi connectivity index (χ4v) is 3.37. The topological polar surface area (TPSA) is 60.2 Å². The molecule has 0 saturated carbocycles. The van der Waals surface area contributed by atoms with E-state index in [0.717, 1.165) is 26.8 Å². The van der Waals surface area contributed by atoms with E-state index in [2.05, 4.69) is 6.92 Å². The van der Waals surface area contributed by atoms with Gasteiger partial charge in [-0.05, 0) is 42.3 Å². The SMILES string of the molecule is CCc1ccc2sc3cc(C(N)=O)ccc3c(=O)c2c1. The molecule has 0 spiro atoms. The van der Waals surface area contributed by atoms with Gasteiger partial charge in [-0.15, -0.1) is 11.3 Å². The van der Waals surface area contributed by atoms with Crippen molar-refractivity contribution in [2.24, 2.45) is 5.73 Å². The molecule has 1 heterocycles. The Bertz CT molecular complexity index is 896. The van der Waals surface area contributed by atoms with Crippen LogP contribution in [0.3, 0.4) is 0 Å². The maximum atomic E-state index is 12.5. The molecule has 0 radical (unpaired) electrons. The second kappa shape index (κ2) is 4.72. The van der Waals surface area contributed by atoms with Crippen molar-refractivity contribution >= 4 is 37.4 Å². The number of primary amides is 1. The van der Waals surface area contributed by atoms with Crippen LogP contribution in [0.2, 0.25) is 0 Å². The summed E-state index contributed by atoms with van der Waals surface area (Å²) < 4.78 is 1.73. The van der Waals surface area contributed by atoms with Gasteiger partial charge < -0.3 is 5.73 Å². The minimum Gasteiger partial charge on any atom is -0.366 e. The largest absolute Gasteiger partial charge is 0.366 e. The van der Waals surface area contributed by atoms with Crippen LogP contribution in [0.25, 0.3) is 20.2 Å². The third-order valence-electron chi connectivity index (χ3n) is 3.43. The Morgan fingerprint density at radius 2 is 1.90 bits per heavy atom. The van der Waals surface area contributed by atoms with Crippen LogP contribution < -0.4 is 11.2 Å². The van der Waals surface area contributed by atoms with Crippen molar-refractivity contribution in [1.29, 1.82) is 0 Å². The molecule has 4 heteroatoms. The minimum absolute atomic E-state index is 0.0140. The van der Waals surface area contributed by atoms with Crippen LogP contribution in [0.5, 0.6) is 0 Å². The van der Waals surface area contributed by atoms with Crippen LogP contribution in [0.4, 0.5) is 0 Å². The van der Waals surface area contributed by atoms with Crippen molar-refractivity contribution in [2.45, 2.75) is 13.3 Å². The molecule has 0 saturated heterocycles. The molecule has 0 aliphatic carbocycles. The Morgan fingerprint density at radius 3 is 2.60 bits per heavy atom. The molecule has 3 nitrogen and oxygen atoms in total. The molecule has 0 atom stereocenters. The highest BCUT2D eigenvalue weighted by Gasteiger charge is 2.09. The summed E-state index contributed by atoms with van der Waals surface area (Å²) in [5.74, 6) is -0.479. The summed E-state index contributed by atoms with van der Waals surface area (Å²) >= 11 is 1.51. The van der Waals surface area contributed by atoms with Crippen LogP contribution >= 0.6 is 11.3 Å². The number of carbonyl (C=O) groups excluding carboxylic acids is 1. The van der Waals surface area contributed by atoms with Crippen molar-refractivity contribution in [3.8, 4) is 0 Å². The molecule has 2 aromatic carbocycles. The zero-order valence-electron chi connectivity index (χ0n) is 11.0. The van der Waals surface area contributed by atoms with E-state index in [1.165, 1.54) is 11.3 Å². The molecule has 0 unspecified atom stereocenters. The quantitative estimate of drug-likeness (QED) is 0.735. The highest BCUT2D eigenvalue weighted by Crippen LogP contribution is 2.26. The molecule has 3 rings (SSSR count).